The van der Waals surface area contributed by atoms with E-state index in [4.69, 9.17) is 15.5 Å². The van der Waals surface area contributed by atoms with Crippen LogP contribution in [0.3, 0.4) is 0 Å². The highest BCUT2D eigenvalue weighted by Gasteiger charge is 2.26. The Labute approximate surface area is 148 Å². The van der Waals surface area contributed by atoms with Crippen LogP contribution in [0.1, 0.15) is 18.4 Å². The van der Waals surface area contributed by atoms with Crippen LogP contribution in [-0.4, -0.2) is 24.2 Å². The lowest BCUT2D eigenvalue weighted by Gasteiger charge is -2.26. The minimum atomic E-state index is 0.352. The van der Waals surface area contributed by atoms with Crippen LogP contribution in [0.5, 0.6) is 5.75 Å². The molecule has 0 spiro atoms. The molecule has 1 saturated heterocycles. The van der Waals surface area contributed by atoms with Gasteiger partial charge in [0.05, 0.1) is 11.6 Å². The first-order valence-corrected chi connectivity index (χ1v) is 8.82. The zero-order valence-electron chi connectivity index (χ0n) is 14.5. The molecule has 0 aliphatic carbocycles. The molecule has 0 bridgehead atoms. The van der Waals surface area contributed by atoms with Gasteiger partial charge in [-0.3, -0.25) is 0 Å². The highest BCUT2D eigenvalue weighted by atomic mass is 16.5. The van der Waals surface area contributed by atoms with Crippen molar-refractivity contribution in [3.63, 3.8) is 0 Å². The quantitative estimate of drug-likeness (QED) is 0.728. The summed E-state index contributed by atoms with van der Waals surface area (Å²) in [6.45, 7) is 3.85. The second-order valence-electron chi connectivity index (χ2n) is 6.68. The fraction of sp³-hybridized carbons (Fsp3) is 0.286. The third-order valence-electron chi connectivity index (χ3n) is 4.90. The van der Waals surface area contributed by atoms with Crippen LogP contribution in [0.2, 0.25) is 0 Å². The minimum Gasteiger partial charge on any atom is -0.491 e. The number of nitrogen functional groups attached to an aromatic ring is 1. The first-order valence-electron chi connectivity index (χ1n) is 8.82. The molecule has 1 unspecified atom stereocenters. The average molecular weight is 333 g/mol. The monoisotopic (exact) mass is 333 g/mol. The Morgan fingerprint density at radius 2 is 1.96 bits per heavy atom. The summed E-state index contributed by atoms with van der Waals surface area (Å²) in [6.07, 6.45) is 2.30. The Bertz CT molecular complexity index is 876. The van der Waals surface area contributed by atoms with Crippen molar-refractivity contribution in [2.45, 2.75) is 25.8 Å². The molecule has 1 aromatic heterocycles. The van der Waals surface area contributed by atoms with Crippen molar-refractivity contribution in [1.29, 1.82) is 0 Å². The van der Waals surface area contributed by atoms with Crippen molar-refractivity contribution in [3.05, 3.63) is 60.2 Å². The lowest BCUT2D eigenvalue weighted by Crippen LogP contribution is -2.34. The number of fused-ring (bicyclic) bond motifs is 1. The van der Waals surface area contributed by atoms with Crippen LogP contribution >= 0.6 is 0 Å². The van der Waals surface area contributed by atoms with E-state index in [0.717, 1.165) is 35.7 Å². The molecule has 0 saturated carbocycles. The zero-order chi connectivity index (χ0) is 17.2. The third-order valence-corrected chi connectivity index (χ3v) is 4.90. The highest BCUT2D eigenvalue weighted by molar-refractivity contribution is 5.83. The van der Waals surface area contributed by atoms with E-state index in [1.807, 2.05) is 30.3 Å². The first kappa shape index (κ1) is 15.8. The van der Waals surface area contributed by atoms with Crippen molar-refractivity contribution >= 4 is 22.4 Å². The number of pyridine rings is 1. The van der Waals surface area contributed by atoms with Crippen LogP contribution in [0.4, 0.5) is 11.5 Å². The van der Waals surface area contributed by atoms with Crippen LogP contribution in [-0.2, 0) is 0 Å². The molecular formula is C21H23N3O. The molecular weight excluding hydrogens is 310 g/mol. The molecule has 4 rings (SSSR count). The van der Waals surface area contributed by atoms with Gasteiger partial charge in [0, 0.05) is 17.6 Å². The molecule has 25 heavy (non-hydrogen) atoms. The predicted molar refractivity (Wildman–Crippen MR) is 103 cm³/mol. The van der Waals surface area contributed by atoms with E-state index in [0.29, 0.717) is 12.6 Å². The van der Waals surface area contributed by atoms with Crippen molar-refractivity contribution < 1.29 is 4.74 Å². The number of aryl methyl sites for hydroxylation is 1. The van der Waals surface area contributed by atoms with Gasteiger partial charge in [0.15, 0.2) is 0 Å². The largest absolute Gasteiger partial charge is 0.491 e. The second kappa shape index (κ2) is 6.63. The van der Waals surface area contributed by atoms with Gasteiger partial charge in [-0.15, -0.1) is 0 Å². The summed E-state index contributed by atoms with van der Waals surface area (Å²) >= 11 is 0. The number of hydrogen-bond donors (Lipinski definition) is 1. The number of nitrogens with two attached hydrogens (primary N) is 1. The first-order chi connectivity index (χ1) is 12.2. The van der Waals surface area contributed by atoms with Gasteiger partial charge in [-0.2, -0.15) is 0 Å². The predicted octanol–water partition coefficient (Wildman–Crippen LogP) is 4.17. The summed E-state index contributed by atoms with van der Waals surface area (Å²) in [5.74, 6) is 1.92. The Morgan fingerprint density at radius 3 is 2.80 bits per heavy atom. The van der Waals surface area contributed by atoms with Crippen LogP contribution in [0, 0.1) is 6.92 Å². The molecule has 0 amide bonds. The molecule has 4 heteroatoms. The smallest absolute Gasteiger partial charge is 0.129 e. The summed E-state index contributed by atoms with van der Waals surface area (Å²) in [5, 5.41) is 1.22. The van der Waals surface area contributed by atoms with E-state index < -0.39 is 0 Å². The van der Waals surface area contributed by atoms with Gasteiger partial charge in [0.2, 0.25) is 0 Å². The molecule has 2 heterocycles. The topological polar surface area (TPSA) is 51.4 Å². The Hall–Kier alpha value is -2.75. The van der Waals surface area contributed by atoms with Crippen LogP contribution < -0.4 is 15.4 Å². The third kappa shape index (κ3) is 3.25. The summed E-state index contributed by atoms with van der Waals surface area (Å²) in [4.78, 5) is 7.27. The summed E-state index contributed by atoms with van der Waals surface area (Å²) in [5.41, 5.74) is 8.81. The normalized spacial score (nSPS) is 17.2. The highest BCUT2D eigenvalue weighted by Crippen LogP contribution is 2.28. The van der Waals surface area contributed by atoms with Gasteiger partial charge < -0.3 is 15.4 Å². The van der Waals surface area contributed by atoms with E-state index in [2.05, 4.69) is 36.1 Å². The van der Waals surface area contributed by atoms with E-state index in [1.54, 1.807) is 0 Å². The van der Waals surface area contributed by atoms with Gasteiger partial charge in [-0.05, 0) is 61.7 Å². The van der Waals surface area contributed by atoms with Gasteiger partial charge in [-0.1, -0.05) is 18.2 Å². The lowest BCUT2D eigenvalue weighted by molar-refractivity contribution is 0.288. The molecule has 2 N–H and O–H groups in total. The van der Waals surface area contributed by atoms with Crippen molar-refractivity contribution in [2.24, 2.45) is 0 Å². The van der Waals surface area contributed by atoms with Crippen molar-refractivity contribution in [1.82, 2.24) is 4.98 Å². The van der Waals surface area contributed by atoms with Crippen LogP contribution in [0.15, 0.2) is 54.6 Å². The molecule has 1 aliphatic rings. The number of nitrogens with zero attached hydrogens (tertiary/aromatic N) is 2. The minimum absolute atomic E-state index is 0.352. The molecule has 128 valence electrons. The maximum Gasteiger partial charge on any atom is 0.129 e. The van der Waals surface area contributed by atoms with E-state index in [9.17, 15) is 0 Å². The SMILES string of the molecule is Cc1cc(N2CCCC2COc2ccc(N)cc2)nc2ccccc12. The number of aromatic nitrogens is 1. The summed E-state index contributed by atoms with van der Waals surface area (Å²) in [6, 6.07) is 18.5. The number of rotatable bonds is 4. The van der Waals surface area contributed by atoms with Crippen molar-refractivity contribution in [3.8, 4) is 5.75 Å². The lowest BCUT2D eigenvalue weighted by atomic mass is 10.1. The van der Waals surface area contributed by atoms with Gasteiger partial charge in [-0.25, -0.2) is 4.98 Å². The maximum absolute atomic E-state index is 5.99. The number of anilines is 2. The van der Waals surface area contributed by atoms with E-state index >= 15 is 0 Å². The molecule has 1 fully saturated rings. The van der Waals surface area contributed by atoms with Crippen LogP contribution in [0.25, 0.3) is 10.9 Å². The average Bonchev–Trinajstić information content (AvgIpc) is 3.10. The number of ether oxygens (including phenoxy) is 1. The molecule has 4 nitrogen and oxygen atoms in total. The fourth-order valence-electron chi connectivity index (χ4n) is 3.55. The molecule has 2 aromatic carbocycles. The Balaban J connectivity index is 1.54. The number of hydrogen-bond acceptors (Lipinski definition) is 4. The second-order valence-corrected chi connectivity index (χ2v) is 6.68. The van der Waals surface area contributed by atoms with Gasteiger partial charge >= 0.3 is 0 Å². The van der Waals surface area contributed by atoms with Gasteiger partial charge in [0.25, 0.3) is 0 Å². The molecule has 0 radical (unpaired) electrons. The van der Waals surface area contributed by atoms with Gasteiger partial charge in [0.1, 0.15) is 18.2 Å². The number of para-hydroxylation sites is 1. The van der Waals surface area contributed by atoms with E-state index in [-0.39, 0.29) is 0 Å². The van der Waals surface area contributed by atoms with E-state index in [1.165, 1.54) is 17.4 Å². The number of benzene rings is 2. The molecule has 3 aromatic rings. The molecule has 1 aliphatic heterocycles. The summed E-state index contributed by atoms with van der Waals surface area (Å²) in [7, 11) is 0. The summed E-state index contributed by atoms with van der Waals surface area (Å²) < 4.78 is 5.99. The standard InChI is InChI=1S/C21H23N3O/c1-15-13-21(23-20-7-3-2-6-19(15)20)24-12-4-5-17(24)14-25-18-10-8-16(22)9-11-18/h2-3,6-11,13,17H,4-5,12,14,22H2,1H3. The fourth-order valence-corrected chi connectivity index (χ4v) is 3.55. The zero-order valence-corrected chi connectivity index (χ0v) is 14.5. The maximum atomic E-state index is 5.99. The Kier molecular flexibility index (Phi) is 4.18. The Morgan fingerprint density at radius 1 is 1.16 bits per heavy atom. The van der Waals surface area contributed by atoms with Crippen molar-refractivity contribution in [2.75, 3.05) is 23.8 Å². The molecule has 1 atom stereocenters.